The molecule has 0 aliphatic carbocycles. The zero-order chi connectivity index (χ0) is 15.0. The number of primary amides is 1. The third kappa shape index (κ3) is 2.54. The molecule has 1 saturated heterocycles. The Kier molecular flexibility index (Phi) is 3.47. The number of hydrogen-bond donors (Lipinski definition) is 2. The van der Waals surface area contributed by atoms with Crippen molar-refractivity contribution in [1.29, 1.82) is 0 Å². The summed E-state index contributed by atoms with van der Waals surface area (Å²) < 4.78 is 0. The van der Waals surface area contributed by atoms with Gasteiger partial charge in [0.05, 0.1) is 12.1 Å². The predicted octanol–water partition coefficient (Wildman–Crippen LogP) is 1.70. The van der Waals surface area contributed by atoms with Crippen molar-refractivity contribution in [2.75, 3.05) is 18.0 Å². The third-order valence-electron chi connectivity index (χ3n) is 3.95. The lowest BCUT2D eigenvalue weighted by atomic mass is 9.91. The molecule has 3 rings (SSSR count). The highest BCUT2D eigenvalue weighted by atomic mass is 35.5. The van der Waals surface area contributed by atoms with E-state index in [0.29, 0.717) is 17.9 Å². The summed E-state index contributed by atoms with van der Waals surface area (Å²) in [5, 5.41) is 11.9. The van der Waals surface area contributed by atoms with E-state index in [1.165, 1.54) is 0 Å². The molecule has 110 valence electrons. The van der Waals surface area contributed by atoms with E-state index >= 15 is 0 Å². The summed E-state index contributed by atoms with van der Waals surface area (Å²) in [6.07, 6.45) is 2.80. The molecule has 21 heavy (non-hydrogen) atoms. The summed E-state index contributed by atoms with van der Waals surface area (Å²) in [4.78, 5) is 17.8. The Morgan fingerprint density at radius 1 is 1.43 bits per heavy atom. The molecule has 1 aromatic carbocycles. The Labute approximate surface area is 127 Å². The molecule has 2 aromatic rings. The monoisotopic (exact) mass is 305 g/mol. The molecular formula is C15H16ClN3O2. The van der Waals surface area contributed by atoms with Crippen molar-refractivity contribution in [3.63, 3.8) is 0 Å². The van der Waals surface area contributed by atoms with E-state index in [0.717, 1.165) is 23.1 Å². The lowest BCUT2D eigenvalue weighted by Crippen LogP contribution is -2.56. The van der Waals surface area contributed by atoms with Gasteiger partial charge in [0, 0.05) is 28.8 Å². The second-order valence-electron chi connectivity index (χ2n) is 5.41. The van der Waals surface area contributed by atoms with Crippen LogP contribution in [0.25, 0.3) is 10.9 Å². The number of nitrogens with zero attached hydrogens (tertiary/aromatic N) is 2. The van der Waals surface area contributed by atoms with Crippen LogP contribution in [0.4, 0.5) is 5.69 Å². The van der Waals surface area contributed by atoms with Crippen molar-refractivity contribution in [2.45, 2.75) is 18.4 Å². The van der Waals surface area contributed by atoms with Crippen LogP contribution < -0.4 is 10.6 Å². The number of pyridine rings is 1. The Balaban J connectivity index is 2.02. The summed E-state index contributed by atoms with van der Waals surface area (Å²) in [5.41, 5.74) is 5.57. The average Bonchev–Trinajstić information content (AvgIpc) is 2.46. The molecule has 5 nitrogen and oxygen atoms in total. The number of benzene rings is 1. The number of hydrogen-bond acceptors (Lipinski definition) is 4. The number of aromatic nitrogens is 1. The number of aliphatic hydroxyl groups is 1. The molecule has 1 amide bonds. The molecule has 1 atom stereocenters. The van der Waals surface area contributed by atoms with Gasteiger partial charge in [-0.25, -0.2) is 0 Å². The van der Waals surface area contributed by atoms with Crippen molar-refractivity contribution in [3.8, 4) is 0 Å². The number of rotatable bonds is 2. The maximum absolute atomic E-state index is 11.5. The highest BCUT2D eigenvalue weighted by Gasteiger charge is 2.39. The summed E-state index contributed by atoms with van der Waals surface area (Å²) in [7, 11) is 0. The zero-order valence-corrected chi connectivity index (χ0v) is 12.2. The van der Waals surface area contributed by atoms with Gasteiger partial charge >= 0.3 is 0 Å². The van der Waals surface area contributed by atoms with Crippen molar-refractivity contribution < 1.29 is 9.90 Å². The van der Waals surface area contributed by atoms with Gasteiger partial charge in [-0.2, -0.15) is 0 Å². The lowest BCUT2D eigenvalue weighted by molar-refractivity contribution is -0.137. The minimum Gasteiger partial charge on any atom is -0.378 e. The molecule has 1 unspecified atom stereocenters. The van der Waals surface area contributed by atoms with Gasteiger partial charge in [-0.1, -0.05) is 11.6 Å². The Bertz CT molecular complexity index is 706. The van der Waals surface area contributed by atoms with Gasteiger partial charge in [-0.3, -0.25) is 9.78 Å². The number of carbonyl (C=O) groups is 1. The quantitative estimate of drug-likeness (QED) is 0.885. The fraction of sp³-hybridized carbons (Fsp3) is 0.333. The molecule has 1 fully saturated rings. The number of amides is 1. The summed E-state index contributed by atoms with van der Waals surface area (Å²) in [5.74, 6) is -0.673. The van der Waals surface area contributed by atoms with Gasteiger partial charge in [0.15, 0.2) is 5.60 Å². The van der Waals surface area contributed by atoms with Gasteiger partial charge < -0.3 is 15.7 Å². The molecule has 3 N–H and O–H groups in total. The number of anilines is 1. The molecule has 0 bridgehead atoms. The number of β-amino-alcohol motifs (C(OH)–C–C–N with tert-alkyl or cyclic N) is 1. The smallest absolute Gasteiger partial charge is 0.251 e. The first-order valence-corrected chi connectivity index (χ1v) is 7.19. The summed E-state index contributed by atoms with van der Waals surface area (Å²) in [6.45, 7) is 0.960. The molecule has 1 aromatic heterocycles. The van der Waals surface area contributed by atoms with Crippen molar-refractivity contribution in [2.24, 2.45) is 5.73 Å². The van der Waals surface area contributed by atoms with Crippen LogP contribution in [-0.4, -0.2) is 34.7 Å². The first kappa shape index (κ1) is 14.1. The predicted molar refractivity (Wildman–Crippen MR) is 82.3 cm³/mol. The van der Waals surface area contributed by atoms with Gasteiger partial charge in [0.1, 0.15) is 0 Å². The van der Waals surface area contributed by atoms with E-state index in [9.17, 15) is 9.90 Å². The van der Waals surface area contributed by atoms with Gasteiger partial charge in [0.2, 0.25) is 0 Å². The van der Waals surface area contributed by atoms with Crippen LogP contribution >= 0.6 is 11.6 Å². The van der Waals surface area contributed by atoms with Crippen LogP contribution in [-0.2, 0) is 4.79 Å². The largest absolute Gasteiger partial charge is 0.378 e. The highest BCUT2D eigenvalue weighted by Crippen LogP contribution is 2.31. The van der Waals surface area contributed by atoms with Crippen LogP contribution in [0.2, 0.25) is 5.02 Å². The molecule has 1 aliphatic heterocycles. The SMILES string of the molecule is NC(=O)C1(O)CCCN(c2ccnc3cc(Cl)ccc23)C1. The first-order chi connectivity index (χ1) is 9.99. The third-order valence-corrected chi connectivity index (χ3v) is 4.19. The number of carbonyl (C=O) groups excluding carboxylic acids is 1. The highest BCUT2D eigenvalue weighted by molar-refractivity contribution is 6.31. The van der Waals surface area contributed by atoms with Gasteiger partial charge in [0.25, 0.3) is 5.91 Å². The second-order valence-corrected chi connectivity index (χ2v) is 5.85. The number of nitrogens with two attached hydrogens (primary N) is 1. The topological polar surface area (TPSA) is 79.5 Å². The molecular weight excluding hydrogens is 290 g/mol. The van der Waals surface area contributed by atoms with E-state index in [1.54, 1.807) is 18.3 Å². The molecule has 6 heteroatoms. The minimum absolute atomic E-state index is 0.198. The molecule has 1 aliphatic rings. The second kappa shape index (κ2) is 5.16. The zero-order valence-electron chi connectivity index (χ0n) is 11.4. The van der Waals surface area contributed by atoms with Crippen LogP contribution in [0.1, 0.15) is 12.8 Å². The van der Waals surface area contributed by atoms with E-state index in [-0.39, 0.29) is 6.54 Å². The van der Waals surface area contributed by atoms with Crippen LogP contribution in [0, 0.1) is 0 Å². The van der Waals surface area contributed by atoms with Crippen LogP contribution in [0.15, 0.2) is 30.5 Å². The van der Waals surface area contributed by atoms with E-state index in [2.05, 4.69) is 4.98 Å². The maximum Gasteiger partial charge on any atom is 0.251 e. The Morgan fingerprint density at radius 3 is 3.00 bits per heavy atom. The number of piperidine rings is 1. The van der Waals surface area contributed by atoms with Crippen LogP contribution in [0.3, 0.4) is 0 Å². The Morgan fingerprint density at radius 2 is 2.24 bits per heavy atom. The fourth-order valence-corrected chi connectivity index (χ4v) is 2.99. The van der Waals surface area contributed by atoms with E-state index in [1.807, 2.05) is 17.0 Å². The normalized spacial score (nSPS) is 22.5. The van der Waals surface area contributed by atoms with Crippen molar-refractivity contribution in [3.05, 3.63) is 35.5 Å². The van der Waals surface area contributed by atoms with E-state index < -0.39 is 11.5 Å². The molecule has 0 saturated carbocycles. The summed E-state index contributed by atoms with van der Waals surface area (Å²) >= 11 is 5.99. The van der Waals surface area contributed by atoms with Gasteiger partial charge in [-0.05, 0) is 37.1 Å². The average molecular weight is 306 g/mol. The molecule has 0 spiro atoms. The van der Waals surface area contributed by atoms with Crippen molar-refractivity contribution >= 4 is 34.1 Å². The molecule has 2 heterocycles. The summed E-state index contributed by atoms with van der Waals surface area (Å²) in [6, 6.07) is 7.38. The van der Waals surface area contributed by atoms with Crippen LogP contribution in [0.5, 0.6) is 0 Å². The first-order valence-electron chi connectivity index (χ1n) is 6.81. The lowest BCUT2D eigenvalue weighted by Gasteiger charge is -2.38. The van der Waals surface area contributed by atoms with Crippen molar-refractivity contribution in [1.82, 2.24) is 4.98 Å². The van der Waals surface area contributed by atoms with E-state index in [4.69, 9.17) is 17.3 Å². The number of fused-ring (bicyclic) bond motifs is 1. The fourth-order valence-electron chi connectivity index (χ4n) is 2.82. The minimum atomic E-state index is -1.47. The number of halogens is 1. The maximum atomic E-state index is 11.5. The molecule has 0 radical (unpaired) electrons. The Hall–Kier alpha value is -1.85. The standard InChI is InChI=1S/C15H16ClN3O2/c16-10-2-3-11-12(8-10)18-6-4-13(11)19-7-1-5-15(21,9-19)14(17)20/h2-4,6,8,21H,1,5,7,9H2,(H2,17,20). The van der Waals surface area contributed by atoms with Gasteiger partial charge in [-0.15, -0.1) is 0 Å².